The summed E-state index contributed by atoms with van der Waals surface area (Å²) in [6.07, 6.45) is 5.04. The van der Waals surface area contributed by atoms with E-state index >= 15 is 0 Å². The van der Waals surface area contributed by atoms with Gasteiger partial charge in [-0.05, 0) is 37.8 Å². The number of ether oxygens (including phenoxy) is 2. The molecule has 1 aromatic carbocycles. The Hall–Kier alpha value is -0.510. The zero-order valence-electron chi connectivity index (χ0n) is 10.6. The lowest BCUT2D eigenvalue weighted by Crippen LogP contribution is -2.43. The summed E-state index contributed by atoms with van der Waals surface area (Å²) in [7, 11) is 0. The average Bonchev–Trinajstić information content (AvgIpc) is 2.95. The van der Waals surface area contributed by atoms with Crippen LogP contribution in [0.2, 0.25) is 0 Å². The third-order valence-corrected chi connectivity index (χ3v) is 5.51. The molecule has 1 unspecified atom stereocenters. The van der Waals surface area contributed by atoms with Crippen LogP contribution in [0, 0.1) is 0 Å². The van der Waals surface area contributed by atoms with Crippen LogP contribution < -0.4 is 0 Å². The van der Waals surface area contributed by atoms with Gasteiger partial charge in [0.15, 0.2) is 0 Å². The van der Waals surface area contributed by atoms with E-state index in [2.05, 4.69) is 30.3 Å². The van der Waals surface area contributed by atoms with Gasteiger partial charge in [0, 0.05) is 24.7 Å². The Kier molecular flexibility index (Phi) is 3.92. The molecule has 0 aromatic heterocycles. The lowest BCUT2D eigenvalue weighted by atomic mass is 9.91. The van der Waals surface area contributed by atoms with Crippen molar-refractivity contribution in [2.45, 2.75) is 41.4 Å². The normalized spacial score (nSPS) is 27.2. The van der Waals surface area contributed by atoms with Gasteiger partial charge in [-0.2, -0.15) is 0 Å². The van der Waals surface area contributed by atoms with Gasteiger partial charge in [0.1, 0.15) is 0 Å². The van der Waals surface area contributed by atoms with Crippen LogP contribution in [0.1, 0.15) is 25.7 Å². The predicted molar refractivity (Wildman–Crippen MR) is 74.1 cm³/mol. The third-order valence-electron chi connectivity index (χ3n) is 3.92. The molecule has 0 aliphatic carbocycles. The number of benzene rings is 1. The van der Waals surface area contributed by atoms with Crippen LogP contribution in [0.25, 0.3) is 0 Å². The first-order valence-corrected chi connectivity index (χ1v) is 7.64. The van der Waals surface area contributed by atoms with Crippen LogP contribution in [0.3, 0.4) is 0 Å². The molecule has 3 rings (SSSR count). The number of hydrogen-bond donors (Lipinski definition) is 0. The van der Waals surface area contributed by atoms with Crippen LogP contribution in [0.5, 0.6) is 0 Å². The number of hydrogen-bond acceptors (Lipinski definition) is 3. The second kappa shape index (κ2) is 5.64. The minimum absolute atomic E-state index is 0.232. The van der Waals surface area contributed by atoms with Crippen molar-refractivity contribution in [1.82, 2.24) is 0 Å². The zero-order valence-corrected chi connectivity index (χ0v) is 11.5. The molecule has 3 heteroatoms. The van der Waals surface area contributed by atoms with Gasteiger partial charge in [0.25, 0.3) is 0 Å². The van der Waals surface area contributed by atoms with E-state index in [0.29, 0.717) is 6.10 Å². The third kappa shape index (κ3) is 2.58. The lowest BCUT2D eigenvalue weighted by molar-refractivity contribution is 0.0113. The van der Waals surface area contributed by atoms with E-state index in [4.69, 9.17) is 9.47 Å². The van der Waals surface area contributed by atoms with Crippen molar-refractivity contribution < 1.29 is 9.47 Å². The maximum Gasteiger partial charge on any atom is 0.0727 e. The molecule has 0 radical (unpaired) electrons. The SMILES string of the molecule is c1ccc(SC2(C3CCCO3)CCOCC2)cc1. The van der Waals surface area contributed by atoms with Gasteiger partial charge >= 0.3 is 0 Å². The summed E-state index contributed by atoms with van der Waals surface area (Å²) >= 11 is 2.00. The van der Waals surface area contributed by atoms with Crippen molar-refractivity contribution >= 4 is 11.8 Å². The largest absolute Gasteiger partial charge is 0.381 e. The molecule has 1 aromatic rings. The van der Waals surface area contributed by atoms with Crippen molar-refractivity contribution in [3.63, 3.8) is 0 Å². The van der Waals surface area contributed by atoms with Crippen LogP contribution in [0.15, 0.2) is 35.2 Å². The monoisotopic (exact) mass is 264 g/mol. The summed E-state index contributed by atoms with van der Waals surface area (Å²) in [4.78, 5) is 1.36. The first kappa shape index (κ1) is 12.5. The highest BCUT2D eigenvalue weighted by atomic mass is 32.2. The highest BCUT2D eigenvalue weighted by Crippen LogP contribution is 2.46. The number of rotatable bonds is 3. The first-order chi connectivity index (χ1) is 8.89. The van der Waals surface area contributed by atoms with Gasteiger partial charge in [0.2, 0.25) is 0 Å². The topological polar surface area (TPSA) is 18.5 Å². The van der Waals surface area contributed by atoms with Crippen molar-refractivity contribution in [1.29, 1.82) is 0 Å². The Morgan fingerprint density at radius 3 is 2.50 bits per heavy atom. The Labute approximate surface area is 113 Å². The average molecular weight is 264 g/mol. The van der Waals surface area contributed by atoms with Gasteiger partial charge in [-0.15, -0.1) is 11.8 Å². The molecule has 2 saturated heterocycles. The molecule has 98 valence electrons. The molecule has 2 heterocycles. The van der Waals surface area contributed by atoms with Crippen LogP contribution in [-0.2, 0) is 9.47 Å². The van der Waals surface area contributed by atoms with Gasteiger partial charge < -0.3 is 9.47 Å². The Bertz CT molecular complexity index is 367. The van der Waals surface area contributed by atoms with Crippen LogP contribution in [0.4, 0.5) is 0 Å². The molecule has 0 N–H and O–H groups in total. The molecular weight excluding hydrogens is 244 g/mol. The molecule has 2 fully saturated rings. The van der Waals surface area contributed by atoms with E-state index in [1.807, 2.05) is 11.8 Å². The fraction of sp³-hybridized carbons (Fsp3) is 0.600. The van der Waals surface area contributed by atoms with Crippen LogP contribution in [-0.4, -0.2) is 30.7 Å². The van der Waals surface area contributed by atoms with Crippen molar-refractivity contribution in [3.8, 4) is 0 Å². The quantitative estimate of drug-likeness (QED) is 0.832. The summed E-state index contributed by atoms with van der Waals surface area (Å²) in [6.45, 7) is 2.68. The van der Waals surface area contributed by atoms with Crippen molar-refractivity contribution in [3.05, 3.63) is 30.3 Å². The van der Waals surface area contributed by atoms with E-state index < -0.39 is 0 Å². The van der Waals surface area contributed by atoms with Gasteiger partial charge in [-0.3, -0.25) is 0 Å². The van der Waals surface area contributed by atoms with E-state index in [0.717, 1.165) is 32.7 Å². The van der Waals surface area contributed by atoms with Crippen LogP contribution >= 0.6 is 11.8 Å². The molecule has 0 spiro atoms. The van der Waals surface area contributed by atoms with E-state index in [9.17, 15) is 0 Å². The number of thioether (sulfide) groups is 1. The molecule has 2 aliphatic heterocycles. The Balaban J connectivity index is 1.80. The second-order valence-electron chi connectivity index (χ2n) is 5.09. The van der Waals surface area contributed by atoms with Crippen molar-refractivity contribution in [2.24, 2.45) is 0 Å². The van der Waals surface area contributed by atoms with Gasteiger partial charge in [-0.1, -0.05) is 18.2 Å². The zero-order chi connectivity index (χ0) is 12.3. The smallest absolute Gasteiger partial charge is 0.0727 e. The summed E-state index contributed by atoms with van der Waals surface area (Å²) in [5.74, 6) is 0. The molecule has 2 nitrogen and oxygen atoms in total. The van der Waals surface area contributed by atoms with Crippen molar-refractivity contribution in [2.75, 3.05) is 19.8 Å². The molecule has 1 atom stereocenters. The minimum Gasteiger partial charge on any atom is -0.381 e. The summed E-state index contributed by atoms with van der Waals surface area (Å²) in [5, 5.41) is 0. The molecule has 0 saturated carbocycles. The van der Waals surface area contributed by atoms with E-state index in [-0.39, 0.29) is 4.75 Å². The first-order valence-electron chi connectivity index (χ1n) is 6.82. The summed E-state index contributed by atoms with van der Waals surface area (Å²) < 4.78 is 11.8. The fourth-order valence-electron chi connectivity index (χ4n) is 2.92. The van der Waals surface area contributed by atoms with E-state index in [1.54, 1.807) is 0 Å². The highest BCUT2D eigenvalue weighted by molar-refractivity contribution is 8.00. The molecular formula is C15H20O2S. The molecule has 18 heavy (non-hydrogen) atoms. The van der Waals surface area contributed by atoms with Gasteiger partial charge in [-0.25, -0.2) is 0 Å². The Morgan fingerprint density at radius 2 is 1.83 bits per heavy atom. The molecule has 0 amide bonds. The van der Waals surface area contributed by atoms with Gasteiger partial charge in [0.05, 0.1) is 10.9 Å². The fourth-order valence-corrected chi connectivity index (χ4v) is 4.37. The lowest BCUT2D eigenvalue weighted by Gasteiger charge is -2.40. The maximum absolute atomic E-state index is 5.99. The highest BCUT2D eigenvalue weighted by Gasteiger charge is 2.43. The maximum atomic E-state index is 5.99. The summed E-state index contributed by atoms with van der Waals surface area (Å²) in [5.41, 5.74) is 0. The molecule has 0 bridgehead atoms. The predicted octanol–water partition coefficient (Wildman–Crippen LogP) is 3.51. The standard InChI is InChI=1S/C15H20O2S/c1-2-5-13(6-3-1)18-15(8-11-16-12-9-15)14-7-4-10-17-14/h1-3,5-6,14H,4,7-12H2. The Morgan fingerprint density at radius 1 is 1.06 bits per heavy atom. The molecule has 2 aliphatic rings. The van der Waals surface area contributed by atoms with E-state index in [1.165, 1.54) is 17.7 Å². The summed E-state index contributed by atoms with van der Waals surface area (Å²) in [6, 6.07) is 10.7. The second-order valence-corrected chi connectivity index (χ2v) is 6.58. The minimum atomic E-state index is 0.232.